The molecule has 7 heteroatoms. The van der Waals surface area contributed by atoms with Crippen LogP contribution in [0.25, 0.3) is 0 Å². The second-order valence-electron chi connectivity index (χ2n) is 6.33. The van der Waals surface area contributed by atoms with Crippen LogP contribution in [-0.2, 0) is 4.79 Å². The SMILES string of the molecule is CCCCNC(=O)C1CCN(CCOc2ccccc2[N+](=O)[O-])CC1. The predicted octanol–water partition coefficient (Wildman–Crippen LogP) is 2.60. The summed E-state index contributed by atoms with van der Waals surface area (Å²) in [6.45, 7) is 5.68. The number of nitrogens with zero attached hydrogens (tertiary/aromatic N) is 2. The number of likely N-dealkylation sites (tertiary alicyclic amines) is 1. The first-order chi connectivity index (χ1) is 12.1. The molecule has 25 heavy (non-hydrogen) atoms. The van der Waals surface area contributed by atoms with Crippen LogP contribution in [-0.4, -0.2) is 48.5 Å². The number of hydrogen-bond acceptors (Lipinski definition) is 5. The van der Waals surface area contributed by atoms with Gasteiger partial charge in [-0.1, -0.05) is 25.5 Å². The molecule has 0 bridgehead atoms. The maximum absolute atomic E-state index is 12.1. The summed E-state index contributed by atoms with van der Waals surface area (Å²) < 4.78 is 5.58. The van der Waals surface area contributed by atoms with Crippen LogP contribution in [0.5, 0.6) is 5.75 Å². The summed E-state index contributed by atoms with van der Waals surface area (Å²) in [5.74, 6) is 0.575. The van der Waals surface area contributed by atoms with E-state index < -0.39 is 4.92 Å². The standard InChI is InChI=1S/C18H27N3O4/c1-2-3-10-19-18(22)15-8-11-20(12-9-15)13-14-25-17-7-5-4-6-16(17)21(23)24/h4-7,15H,2-3,8-14H2,1H3,(H,19,22). The van der Waals surface area contributed by atoms with E-state index in [1.807, 2.05) is 0 Å². The normalized spacial score (nSPS) is 15.7. The van der Waals surface area contributed by atoms with E-state index in [9.17, 15) is 14.9 Å². The molecule has 0 spiro atoms. The first kappa shape index (κ1) is 19.2. The third kappa shape index (κ3) is 6.01. The zero-order valence-electron chi connectivity index (χ0n) is 14.8. The molecule has 1 N–H and O–H groups in total. The highest BCUT2D eigenvalue weighted by atomic mass is 16.6. The number of hydrogen-bond donors (Lipinski definition) is 1. The lowest BCUT2D eigenvalue weighted by molar-refractivity contribution is -0.385. The number of rotatable bonds is 9. The fraction of sp³-hybridized carbons (Fsp3) is 0.611. The minimum absolute atomic E-state index is 0.00930. The molecule has 1 saturated heterocycles. The molecule has 2 rings (SSSR count). The Morgan fingerprint density at radius 2 is 2.08 bits per heavy atom. The van der Waals surface area contributed by atoms with Crippen molar-refractivity contribution >= 4 is 11.6 Å². The molecule has 1 heterocycles. The van der Waals surface area contributed by atoms with Gasteiger partial charge in [0.05, 0.1) is 4.92 Å². The zero-order valence-corrected chi connectivity index (χ0v) is 14.8. The smallest absolute Gasteiger partial charge is 0.310 e. The van der Waals surface area contributed by atoms with Gasteiger partial charge in [0.1, 0.15) is 6.61 Å². The van der Waals surface area contributed by atoms with E-state index in [2.05, 4.69) is 17.1 Å². The molecule has 1 aromatic carbocycles. The van der Waals surface area contributed by atoms with E-state index in [0.29, 0.717) is 18.9 Å². The summed E-state index contributed by atoms with van der Waals surface area (Å²) in [5, 5.41) is 14.0. The van der Waals surface area contributed by atoms with Crippen LogP contribution in [0.15, 0.2) is 24.3 Å². The summed E-state index contributed by atoms with van der Waals surface area (Å²) >= 11 is 0. The molecular formula is C18H27N3O4. The molecule has 0 aliphatic carbocycles. The first-order valence-electron chi connectivity index (χ1n) is 8.98. The van der Waals surface area contributed by atoms with Crippen molar-refractivity contribution in [3.8, 4) is 5.75 Å². The molecule has 138 valence electrons. The van der Waals surface area contributed by atoms with Crippen LogP contribution in [0.4, 0.5) is 5.69 Å². The summed E-state index contributed by atoms with van der Waals surface area (Å²) in [5.41, 5.74) is -0.00930. The third-order valence-electron chi connectivity index (χ3n) is 4.51. The van der Waals surface area contributed by atoms with E-state index in [-0.39, 0.29) is 17.5 Å². The van der Waals surface area contributed by atoms with E-state index in [0.717, 1.165) is 45.3 Å². The van der Waals surface area contributed by atoms with Crippen LogP contribution in [0.2, 0.25) is 0 Å². The number of nitro benzene ring substituents is 1. The van der Waals surface area contributed by atoms with Crippen LogP contribution >= 0.6 is 0 Å². The highest BCUT2D eigenvalue weighted by Crippen LogP contribution is 2.25. The molecular weight excluding hydrogens is 322 g/mol. The van der Waals surface area contributed by atoms with Crippen molar-refractivity contribution in [1.82, 2.24) is 10.2 Å². The highest BCUT2D eigenvalue weighted by Gasteiger charge is 2.24. The molecule has 1 amide bonds. The number of para-hydroxylation sites is 2. The van der Waals surface area contributed by atoms with Crippen molar-refractivity contribution in [3.63, 3.8) is 0 Å². The Labute approximate surface area is 148 Å². The number of unbranched alkanes of at least 4 members (excludes halogenated alkanes) is 1. The molecule has 0 radical (unpaired) electrons. The molecule has 7 nitrogen and oxygen atoms in total. The Hall–Kier alpha value is -2.15. The van der Waals surface area contributed by atoms with Gasteiger partial charge in [-0.15, -0.1) is 0 Å². The fourth-order valence-corrected chi connectivity index (χ4v) is 2.97. The van der Waals surface area contributed by atoms with Gasteiger partial charge in [0.2, 0.25) is 5.91 Å². The van der Waals surface area contributed by atoms with Crippen molar-refractivity contribution in [2.45, 2.75) is 32.6 Å². The Morgan fingerprint density at radius 3 is 2.76 bits per heavy atom. The van der Waals surface area contributed by atoms with Crippen LogP contribution < -0.4 is 10.1 Å². The summed E-state index contributed by atoms with van der Waals surface area (Å²) in [4.78, 5) is 24.8. The number of nitrogens with one attached hydrogen (secondary N) is 1. The summed E-state index contributed by atoms with van der Waals surface area (Å²) in [6, 6.07) is 6.41. The van der Waals surface area contributed by atoms with E-state index in [4.69, 9.17) is 4.74 Å². The van der Waals surface area contributed by atoms with Gasteiger partial charge in [-0.2, -0.15) is 0 Å². The van der Waals surface area contributed by atoms with Gasteiger partial charge in [0, 0.05) is 25.1 Å². The van der Waals surface area contributed by atoms with Gasteiger partial charge in [-0.25, -0.2) is 0 Å². The second kappa shape index (κ2) is 9.98. The molecule has 1 fully saturated rings. The second-order valence-corrected chi connectivity index (χ2v) is 6.33. The van der Waals surface area contributed by atoms with Gasteiger partial charge >= 0.3 is 5.69 Å². The van der Waals surface area contributed by atoms with Crippen LogP contribution in [0, 0.1) is 16.0 Å². The molecule has 0 saturated carbocycles. The van der Waals surface area contributed by atoms with Gasteiger partial charge in [-0.3, -0.25) is 19.8 Å². The number of ether oxygens (including phenoxy) is 1. The molecule has 0 atom stereocenters. The number of carbonyl (C=O) groups excluding carboxylic acids is 1. The van der Waals surface area contributed by atoms with Gasteiger partial charge < -0.3 is 10.1 Å². The van der Waals surface area contributed by atoms with E-state index in [1.54, 1.807) is 18.2 Å². The minimum Gasteiger partial charge on any atom is -0.485 e. The van der Waals surface area contributed by atoms with Crippen LogP contribution in [0.3, 0.4) is 0 Å². The highest BCUT2D eigenvalue weighted by molar-refractivity contribution is 5.78. The van der Waals surface area contributed by atoms with E-state index in [1.165, 1.54) is 6.07 Å². The third-order valence-corrected chi connectivity index (χ3v) is 4.51. The van der Waals surface area contributed by atoms with Crippen molar-refractivity contribution in [3.05, 3.63) is 34.4 Å². The Kier molecular flexibility index (Phi) is 7.66. The number of piperidine rings is 1. The van der Waals surface area contributed by atoms with Crippen molar-refractivity contribution in [2.75, 3.05) is 32.8 Å². The predicted molar refractivity (Wildman–Crippen MR) is 95.7 cm³/mol. The van der Waals surface area contributed by atoms with Crippen molar-refractivity contribution < 1.29 is 14.5 Å². The summed E-state index contributed by atoms with van der Waals surface area (Å²) in [7, 11) is 0. The topological polar surface area (TPSA) is 84.7 Å². The molecule has 0 unspecified atom stereocenters. The van der Waals surface area contributed by atoms with Gasteiger partial charge in [-0.05, 0) is 38.4 Å². The van der Waals surface area contributed by atoms with Gasteiger partial charge in [0.15, 0.2) is 5.75 Å². The Bertz CT molecular complexity index is 571. The number of amides is 1. The largest absolute Gasteiger partial charge is 0.485 e. The molecule has 1 aliphatic rings. The quantitative estimate of drug-likeness (QED) is 0.421. The zero-order chi connectivity index (χ0) is 18.1. The minimum atomic E-state index is -0.433. The van der Waals surface area contributed by atoms with E-state index >= 15 is 0 Å². The lowest BCUT2D eigenvalue weighted by Gasteiger charge is -2.31. The number of benzene rings is 1. The average molecular weight is 349 g/mol. The van der Waals surface area contributed by atoms with Crippen molar-refractivity contribution in [1.29, 1.82) is 0 Å². The first-order valence-corrected chi connectivity index (χ1v) is 8.98. The molecule has 0 aromatic heterocycles. The molecule has 1 aromatic rings. The maximum Gasteiger partial charge on any atom is 0.310 e. The lowest BCUT2D eigenvalue weighted by atomic mass is 9.96. The average Bonchev–Trinajstić information content (AvgIpc) is 2.62. The Balaban J connectivity index is 1.69. The number of carbonyl (C=O) groups is 1. The van der Waals surface area contributed by atoms with Crippen molar-refractivity contribution in [2.24, 2.45) is 5.92 Å². The number of nitro groups is 1. The lowest BCUT2D eigenvalue weighted by Crippen LogP contribution is -2.42. The Morgan fingerprint density at radius 1 is 1.36 bits per heavy atom. The van der Waals surface area contributed by atoms with Gasteiger partial charge in [0.25, 0.3) is 0 Å². The monoisotopic (exact) mass is 349 g/mol. The summed E-state index contributed by atoms with van der Waals surface area (Å²) in [6.07, 6.45) is 3.80. The van der Waals surface area contributed by atoms with Crippen LogP contribution in [0.1, 0.15) is 32.6 Å². The fourth-order valence-electron chi connectivity index (χ4n) is 2.97. The molecule has 1 aliphatic heterocycles. The maximum atomic E-state index is 12.1.